The molecule has 0 aliphatic carbocycles. The lowest BCUT2D eigenvalue weighted by Crippen LogP contribution is -2.40. The standard InChI is InChI=1S/C20H31N5O2/c1-3-23(4-2)13-17-11-21-19-18(12-22-25(19)15-17)20(27)24-9-5-7-16(14-24)8-6-10-26/h11-12,15-16,26H,3-10,13-14H2,1-2H3/t16-/m1/s1. The molecule has 1 saturated heterocycles. The van der Waals surface area contributed by atoms with E-state index in [1.165, 1.54) is 0 Å². The van der Waals surface area contributed by atoms with Crippen LogP contribution in [-0.2, 0) is 6.54 Å². The number of amides is 1. The number of hydrogen-bond donors (Lipinski definition) is 1. The zero-order valence-electron chi connectivity index (χ0n) is 16.5. The molecule has 1 N–H and O–H groups in total. The molecule has 2 aromatic heterocycles. The highest BCUT2D eigenvalue weighted by molar-refractivity contribution is 5.99. The molecular weight excluding hydrogens is 342 g/mol. The first-order chi connectivity index (χ1) is 13.2. The number of carbonyl (C=O) groups is 1. The Hall–Kier alpha value is -1.99. The SMILES string of the molecule is CCN(CC)Cc1cnc2c(C(=O)N3CCC[C@H](CCCO)C3)cnn2c1. The largest absolute Gasteiger partial charge is 0.396 e. The Morgan fingerprint density at radius 2 is 2.15 bits per heavy atom. The predicted octanol–water partition coefficient (Wildman–Crippen LogP) is 2.20. The molecule has 1 amide bonds. The summed E-state index contributed by atoms with van der Waals surface area (Å²) in [6.07, 6.45) is 9.39. The fourth-order valence-electron chi connectivity index (χ4n) is 3.89. The minimum atomic E-state index is 0.0164. The van der Waals surface area contributed by atoms with Crippen LogP contribution in [0.2, 0.25) is 0 Å². The summed E-state index contributed by atoms with van der Waals surface area (Å²) in [7, 11) is 0. The summed E-state index contributed by atoms with van der Waals surface area (Å²) in [5.41, 5.74) is 2.29. The first-order valence-corrected chi connectivity index (χ1v) is 10.1. The summed E-state index contributed by atoms with van der Waals surface area (Å²) < 4.78 is 1.72. The molecule has 0 spiro atoms. The maximum absolute atomic E-state index is 13.0. The molecule has 27 heavy (non-hydrogen) atoms. The molecule has 1 aliphatic rings. The van der Waals surface area contributed by atoms with Crippen molar-refractivity contribution < 1.29 is 9.90 Å². The highest BCUT2D eigenvalue weighted by Crippen LogP contribution is 2.23. The summed E-state index contributed by atoms with van der Waals surface area (Å²) in [5, 5.41) is 13.4. The van der Waals surface area contributed by atoms with Crippen molar-refractivity contribution in [3.05, 3.63) is 29.7 Å². The van der Waals surface area contributed by atoms with Crippen LogP contribution < -0.4 is 0 Å². The van der Waals surface area contributed by atoms with E-state index in [0.29, 0.717) is 17.1 Å². The minimum Gasteiger partial charge on any atom is -0.396 e. The summed E-state index contributed by atoms with van der Waals surface area (Å²) in [5.74, 6) is 0.494. The second-order valence-electron chi connectivity index (χ2n) is 7.38. The minimum absolute atomic E-state index is 0.0164. The number of aromatic nitrogens is 3. The van der Waals surface area contributed by atoms with Crippen molar-refractivity contribution >= 4 is 11.6 Å². The Kier molecular flexibility index (Phi) is 6.79. The smallest absolute Gasteiger partial charge is 0.259 e. The second kappa shape index (κ2) is 9.28. The number of hydrogen-bond acceptors (Lipinski definition) is 5. The summed E-state index contributed by atoms with van der Waals surface area (Å²) >= 11 is 0. The highest BCUT2D eigenvalue weighted by Gasteiger charge is 2.26. The average Bonchev–Trinajstić information content (AvgIpc) is 3.13. The van der Waals surface area contributed by atoms with Gasteiger partial charge in [-0.1, -0.05) is 13.8 Å². The van der Waals surface area contributed by atoms with E-state index < -0.39 is 0 Å². The van der Waals surface area contributed by atoms with E-state index in [-0.39, 0.29) is 12.5 Å². The second-order valence-corrected chi connectivity index (χ2v) is 7.38. The molecule has 0 unspecified atom stereocenters. The number of aliphatic hydroxyl groups is 1. The lowest BCUT2D eigenvalue weighted by atomic mass is 9.93. The molecule has 1 fully saturated rings. The molecular formula is C20H31N5O2. The molecule has 7 nitrogen and oxygen atoms in total. The fraction of sp³-hybridized carbons (Fsp3) is 0.650. The number of piperidine rings is 1. The van der Waals surface area contributed by atoms with E-state index >= 15 is 0 Å². The lowest BCUT2D eigenvalue weighted by molar-refractivity contribution is 0.0665. The van der Waals surface area contributed by atoms with Gasteiger partial charge in [-0.25, -0.2) is 9.50 Å². The number of likely N-dealkylation sites (tertiary alicyclic amines) is 1. The summed E-state index contributed by atoms with van der Waals surface area (Å²) in [6.45, 7) is 8.87. The van der Waals surface area contributed by atoms with E-state index in [2.05, 4.69) is 28.8 Å². The summed E-state index contributed by atoms with van der Waals surface area (Å²) in [6, 6.07) is 0. The fourth-order valence-corrected chi connectivity index (χ4v) is 3.89. The molecule has 0 aromatic carbocycles. The number of rotatable bonds is 8. The molecule has 1 atom stereocenters. The van der Waals surface area contributed by atoms with Crippen LogP contribution >= 0.6 is 0 Å². The first kappa shape index (κ1) is 19.8. The highest BCUT2D eigenvalue weighted by atomic mass is 16.3. The Labute approximate surface area is 161 Å². The van der Waals surface area contributed by atoms with E-state index in [9.17, 15) is 4.79 Å². The van der Waals surface area contributed by atoms with E-state index in [0.717, 1.165) is 64.0 Å². The molecule has 0 bridgehead atoms. The number of aliphatic hydroxyl groups excluding tert-OH is 1. The van der Waals surface area contributed by atoms with Gasteiger partial charge in [-0.3, -0.25) is 9.69 Å². The van der Waals surface area contributed by atoms with Crippen molar-refractivity contribution in [1.82, 2.24) is 24.4 Å². The Bertz CT molecular complexity index is 756. The van der Waals surface area contributed by atoms with E-state index in [1.807, 2.05) is 17.3 Å². The van der Waals surface area contributed by atoms with Gasteiger partial charge in [0.2, 0.25) is 0 Å². The van der Waals surface area contributed by atoms with Gasteiger partial charge in [0.25, 0.3) is 5.91 Å². The van der Waals surface area contributed by atoms with Gasteiger partial charge in [-0.2, -0.15) is 5.10 Å². The number of carbonyl (C=O) groups excluding carboxylic acids is 1. The zero-order chi connectivity index (χ0) is 19.2. The topological polar surface area (TPSA) is 74.0 Å². The van der Waals surface area contributed by atoms with Gasteiger partial charge in [-0.15, -0.1) is 0 Å². The zero-order valence-corrected chi connectivity index (χ0v) is 16.5. The van der Waals surface area contributed by atoms with Gasteiger partial charge in [0.1, 0.15) is 5.56 Å². The van der Waals surface area contributed by atoms with Gasteiger partial charge in [0, 0.05) is 44.2 Å². The maximum Gasteiger partial charge on any atom is 0.259 e. The van der Waals surface area contributed by atoms with Crippen molar-refractivity contribution in [1.29, 1.82) is 0 Å². The molecule has 0 radical (unpaired) electrons. The predicted molar refractivity (Wildman–Crippen MR) is 105 cm³/mol. The Morgan fingerprint density at radius 1 is 1.33 bits per heavy atom. The molecule has 3 rings (SSSR count). The number of nitrogens with zero attached hydrogens (tertiary/aromatic N) is 5. The van der Waals surface area contributed by atoms with Crippen molar-refractivity contribution in [3.63, 3.8) is 0 Å². The third-order valence-electron chi connectivity index (χ3n) is 5.52. The number of fused-ring (bicyclic) bond motifs is 1. The molecule has 2 aromatic rings. The van der Waals surface area contributed by atoms with Crippen LogP contribution in [0.25, 0.3) is 5.65 Å². The van der Waals surface area contributed by atoms with Crippen LogP contribution in [0.3, 0.4) is 0 Å². The lowest BCUT2D eigenvalue weighted by Gasteiger charge is -2.32. The molecule has 7 heteroatoms. The van der Waals surface area contributed by atoms with Crippen LogP contribution in [0.5, 0.6) is 0 Å². The molecule has 1 aliphatic heterocycles. The van der Waals surface area contributed by atoms with Gasteiger partial charge in [-0.05, 0) is 44.7 Å². The van der Waals surface area contributed by atoms with Crippen molar-refractivity contribution in [3.8, 4) is 0 Å². The van der Waals surface area contributed by atoms with Crippen molar-refractivity contribution in [2.75, 3.05) is 32.8 Å². The summed E-state index contributed by atoms with van der Waals surface area (Å²) in [4.78, 5) is 21.8. The first-order valence-electron chi connectivity index (χ1n) is 10.1. The van der Waals surface area contributed by atoms with Gasteiger partial charge in [0.05, 0.1) is 6.20 Å². The van der Waals surface area contributed by atoms with Crippen LogP contribution in [0.4, 0.5) is 0 Å². The van der Waals surface area contributed by atoms with E-state index in [1.54, 1.807) is 10.7 Å². The Morgan fingerprint density at radius 3 is 2.89 bits per heavy atom. The molecule has 3 heterocycles. The van der Waals surface area contributed by atoms with Crippen molar-refractivity contribution in [2.24, 2.45) is 5.92 Å². The third kappa shape index (κ3) is 4.65. The van der Waals surface area contributed by atoms with Crippen LogP contribution in [-0.4, -0.2) is 68.2 Å². The normalized spacial score (nSPS) is 17.8. The molecule has 0 saturated carbocycles. The van der Waals surface area contributed by atoms with E-state index in [4.69, 9.17) is 5.11 Å². The monoisotopic (exact) mass is 373 g/mol. The van der Waals surface area contributed by atoms with Gasteiger partial charge < -0.3 is 10.0 Å². The third-order valence-corrected chi connectivity index (χ3v) is 5.52. The molecule has 148 valence electrons. The van der Waals surface area contributed by atoms with Crippen molar-refractivity contribution in [2.45, 2.75) is 46.1 Å². The maximum atomic E-state index is 13.0. The Balaban J connectivity index is 1.73. The van der Waals surface area contributed by atoms with Crippen LogP contribution in [0.1, 0.15) is 55.5 Å². The van der Waals surface area contributed by atoms with Crippen LogP contribution in [0.15, 0.2) is 18.6 Å². The van der Waals surface area contributed by atoms with Gasteiger partial charge >= 0.3 is 0 Å². The average molecular weight is 374 g/mol. The van der Waals surface area contributed by atoms with Gasteiger partial charge in [0.15, 0.2) is 5.65 Å². The van der Waals surface area contributed by atoms with Crippen LogP contribution in [0, 0.1) is 5.92 Å². The quantitative estimate of drug-likeness (QED) is 0.768.